The van der Waals surface area contributed by atoms with E-state index in [-0.39, 0.29) is 0 Å². The van der Waals surface area contributed by atoms with Gasteiger partial charge in [-0.1, -0.05) is 38.0 Å². The minimum absolute atomic E-state index is 1.26. The van der Waals surface area contributed by atoms with Crippen LogP contribution in [0.2, 0.25) is 0 Å². The zero-order valence-corrected chi connectivity index (χ0v) is 7.56. The molecular weight excluding hydrogens is 120 g/mol. The topological polar surface area (TPSA) is 0 Å². The Hall–Kier alpha value is -0.520. The number of unbranched alkanes of at least 4 members (excludes halogenated alkanes) is 2. The van der Waals surface area contributed by atoms with Crippen LogP contribution < -0.4 is 0 Å². The Morgan fingerprint density at radius 1 is 1.30 bits per heavy atom. The minimum atomic E-state index is 1.26. The Kier molecular flexibility index (Phi) is 19.3. The van der Waals surface area contributed by atoms with Gasteiger partial charge in [-0.05, 0) is 20.3 Å². The van der Waals surface area contributed by atoms with Gasteiger partial charge in [0.1, 0.15) is 0 Å². The van der Waals surface area contributed by atoms with Crippen molar-refractivity contribution in [1.29, 1.82) is 0 Å². The maximum absolute atomic E-state index is 3.36. The van der Waals surface area contributed by atoms with Crippen LogP contribution in [0.15, 0.2) is 24.8 Å². The van der Waals surface area contributed by atoms with E-state index < -0.39 is 0 Å². The highest BCUT2D eigenvalue weighted by Crippen LogP contribution is 1.93. The number of hydrogen-bond acceptors (Lipinski definition) is 0. The molecule has 0 aliphatic heterocycles. The Bertz CT molecular complexity index is 70.1. The van der Waals surface area contributed by atoms with Gasteiger partial charge in [-0.15, -0.1) is 6.58 Å². The summed E-state index contributed by atoms with van der Waals surface area (Å²) in [6.07, 6.45) is 9.97. The zero-order valence-electron chi connectivity index (χ0n) is 7.56. The van der Waals surface area contributed by atoms with E-state index in [2.05, 4.69) is 32.6 Å². The lowest BCUT2D eigenvalue weighted by atomic mass is 10.2. The van der Waals surface area contributed by atoms with Crippen LogP contribution >= 0.6 is 0 Å². The average molecular weight is 140 g/mol. The number of rotatable bonds is 3. The first-order chi connectivity index (χ1) is 4.83. The average Bonchev–Trinajstić information content (AvgIpc) is 1.91. The molecule has 0 aromatic heterocycles. The fourth-order valence-electron chi connectivity index (χ4n) is 0.489. The quantitative estimate of drug-likeness (QED) is 0.411. The molecule has 0 nitrogen and oxygen atoms in total. The van der Waals surface area contributed by atoms with Gasteiger partial charge in [-0.3, -0.25) is 0 Å². The molecule has 0 amide bonds. The van der Waals surface area contributed by atoms with Crippen LogP contribution in [0.5, 0.6) is 0 Å². The predicted molar refractivity (Wildman–Crippen MR) is 50.2 cm³/mol. The van der Waals surface area contributed by atoms with Crippen molar-refractivity contribution in [3.05, 3.63) is 24.8 Å². The van der Waals surface area contributed by atoms with Crippen LogP contribution in [0.1, 0.15) is 40.0 Å². The molecule has 0 bridgehead atoms. The zero-order chi connectivity index (χ0) is 8.24. The van der Waals surface area contributed by atoms with E-state index in [1.807, 2.05) is 6.92 Å². The number of hydrogen-bond donors (Lipinski definition) is 0. The van der Waals surface area contributed by atoms with Gasteiger partial charge < -0.3 is 0 Å². The van der Waals surface area contributed by atoms with Crippen molar-refractivity contribution in [2.24, 2.45) is 0 Å². The van der Waals surface area contributed by atoms with E-state index in [4.69, 9.17) is 0 Å². The summed E-state index contributed by atoms with van der Waals surface area (Å²) < 4.78 is 0. The molecule has 0 heteroatoms. The van der Waals surface area contributed by atoms with Crippen LogP contribution in [0.4, 0.5) is 0 Å². The highest BCUT2D eigenvalue weighted by Gasteiger charge is 1.73. The van der Waals surface area contributed by atoms with Gasteiger partial charge >= 0.3 is 0 Å². The molecule has 0 rings (SSSR count). The van der Waals surface area contributed by atoms with E-state index in [0.717, 1.165) is 0 Å². The third kappa shape index (κ3) is 25.9. The van der Waals surface area contributed by atoms with Gasteiger partial charge in [0.2, 0.25) is 0 Å². The highest BCUT2D eigenvalue weighted by atomic mass is 13.8. The maximum atomic E-state index is 3.36. The van der Waals surface area contributed by atoms with Crippen molar-refractivity contribution in [2.45, 2.75) is 40.0 Å². The Morgan fingerprint density at radius 3 is 2.10 bits per heavy atom. The van der Waals surface area contributed by atoms with Crippen molar-refractivity contribution >= 4 is 0 Å². The van der Waals surface area contributed by atoms with Crippen molar-refractivity contribution < 1.29 is 0 Å². The summed E-state index contributed by atoms with van der Waals surface area (Å²) in [5, 5.41) is 0. The molecule has 0 aromatic carbocycles. The molecule has 0 heterocycles. The second-order valence-electron chi connectivity index (χ2n) is 2.12. The Balaban J connectivity index is 0. The smallest absolute Gasteiger partial charge is 0.0351 e. The molecular formula is C10H20. The number of allylic oxidation sites excluding steroid dienone is 3. The molecule has 0 fully saturated rings. The predicted octanol–water partition coefficient (Wildman–Crippen LogP) is 3.95. The molecule has 0 aliphatic rings. The van der Waals surface area contributed by atoms with Crippen LogP contribution in [-0.2, 0) is 0 Å². The van der Waals surface area contributed by atoms with E-state index in [1.54, 1.807) is 6.08 Å². The summed E-state index contributed by atoms with van der Waals surface area (Å²) in [4.78, 5) is 0. The van der Waals surface area contributed by atoms with Gasteiger partial charge in [0.25, 0.3) is 0 Å². The van der Waals surface area contributed by atoms with E-state index in [9.17, 15) is 0 Å². The standard InChI is InChI=1S/C7H14.C3H6/c1-3-5-7-6-4-2;1-3-2/h3,5H,4,6-7H2,1-2H3;3H,1H2,2H3. The molecule has 10 heavy (non-hydrogen) atoms. The third-order valence-electron chi connectivity index (χ3n) is 0.960. The highest BCUT2D eigenvalue weighted by molar-refractivity contribution is 4.75. The SMILES string of the molecule is C=CC.CC=CCCCC. The molecule has 0 saturated heterocycles. The van der Waals surface area contributed by atoms with E-state index in [1.165, 1.54) is 19.3 Å². The molecule has 0 aromatic rings. The summed E-state index contributed by atoms with van der Waals surface area (Å²) in [6, 6.07) is 0. The summed E-state index contributed by atoms with van der Waals surface area (Å²) >= 11 is 0. The summed E-state index contributed by atoms with van der Waals surface area (Å²) in [5.74, 6) is 0. The first-order valence-electron chi connectivity index (χ1n) is 4.01. The first-order valence-corrected chi connectivity index (χ1v) is 4.01. The fraction of sp³-hybridized carbons (Fsp3) is 0.600. The summed E-state index contributed by atoms with van der Waals surface area (Å²) in [5.41, 5.74) is 0. The van der Waals surface area contributed by atoms with Gasteiger partial charge in [0, 0.05) is 0 Å². The first kappa shape index (κ1) is 12.2. The molecule has 60 valence electrons. The lowest BCUT2D eigenvalue weighted by Gasteiger charge is -1.83. The van der Waals surface area contributed by atoms with E-state index in [0.29, 0.717) is 0 Å². The third-order valence-corrected chi connectivity index (χ3v) is 0.960. The lowest BCUT2D eigenvalue weighted by Crippen LogP contribution is -1.63. The molecule has 0 saturated carbocycles. The van der Waals surface area contributed by atoms with Crippen LogP contribution in [0, 0.1) is 0 Å². The second-order valence-corrected chi connectivity index (χ2v) is 2.12. The molecule has 0 N–H and O–H groups in total. The summed E-state index contributed by atoms with van der Waals surface area (Å²) in [6.45, 7) is 9.53. The van der Waals surface area contributed by atoms with E-state index >= 15 is 0 Å². The molecule has 0 unspecified atom stereocenters. The normalized spacial score (nSPS) is 8.70. The molecule has 0 radical (unpaired) electrons. The van der Waals surface area contributed by atoms with Crippen molar-refractivity contribution in [3.63, 3.8) is 0 Å². The minimum Gasteiger partial charge on any atom is -0.103 e. The Labute approximate surface area is 65.7 Å². The van der Waals surface area contributed by atoms with Crippen molar-refractivity contribution in [1.82, 2.24) is 0 Å². The van der Waals surface area contributed by atoms with Crippen molar-refractivity contribution in [3.8, 4) is 0 Å². The van der Waals surface area contributed by atoms with Gasteiger partial charge in [-0.25, -0.2) is 0 Å². The van der Waals surface area contributed by atoms with Crippen LogP contribution in [-0.4, -0.2) is 0 Å². The van der Waals surface area contributed by atoms with Gasteiger partial charge in [-0.2, -0.15) is 0 Å². The molecule has 0 aliphatic carbocycles. The second kappa shape index (κ2) is 15.8. The Morgan fingerprint density at radius 2 is 1.80 bits per heavy atom. The molecule has 0 atom stereocenters. The lowest BCUT2D eigenvalue weighted by molar-refractivity contribution is 0.814. The van der Waals surface area contributed by atoms with Gasteiger partial charge in [0.05, 0.1) is 0 Å². The van der Waals surface area contributed by atoms with Gasteiger partial charge in [0.15, 0.2) is 0 Å². The van der Waals surface area contributed by atoms with Crippen LogP contribution in [0.25, 0.3) is 0 Å². The fourth-order valence-corrected chi connectivity index (χ4v) is 0.489. The van der Waals surface area contributed by atoms with Crippen LogP contribution in [0.3, 0.4) is 0 Å². The molecule has 0 spiro atoms. The van der Waals surface area contributed by atoms with Crippen molar-refractivity contribution in [2.75, 3.05) is 0 Å². The maximum Gasteiger partial charge on any atom is -0.0351 e. The summed E-state index contributed by atoms with van der Waals surface area (Å²) in [7, 11) is 0. The largest absolute Gasteiger partial charge is 0.103 e. The monoisotopic (exact) mass is 140 g/mol.